The van der Waals surface area contributed by atoms with Gasteiger partial charge in [0.05, 0.1) is 5.56 Å². The van der Waals surface area contributed by atoms with Crippen LogP contribution in [-0.4, -0.2) is 48.4 Å². The van der Waals surface area contributed by atoms with Gasteiger partial charge >= 0.3 is 0 Å². The molecule has 0 spiro atoms. The molecule has 1 aliphatic heterocycles. The number of rotatable bonds is 4. The maximum atomic E-state index is 12.4. The molecule has 1 aromatic heterocycles. The molecule has 4 heteroatoms. The predicted molar refractivity (Wildman–Crippen MR) is 96.9 cm³/mol. The van der Waals surface area contributed by atoms with Crippen LogP contribution in [-0.2, 0) is 0 Å². The lowest BCUT2D eigenvalue weighted by molar-refractivity contribution is 0.0651. The minimum absolute atomic E-state index is 0.175. The average Bonchev–Trinajstić information content (AvgIpc) is 3.02. The van der Waals surface area contributed by atoms with Crippen LogP contribution in [0.5, 0.6) is 0 Å². The highest BCUT2D eigenvalue weighted by atomic mass is 32.1. The molecule has 0 bridgehead atoms. The van der Waals surface area contributed by atoms with Crippen molar-refractivity contribution in [1.29, 1.82) is 0 Å². The third-order valence-electron chi connectivity index (χ3n) is 4.11. The van der Waals surface area contributed by atoms with Crippen molar-refractivity contribution in [2.24, 2.45) is 0 Å². The van der Waals surface area contributed by atoms with Crippen LogP contribution in [0.25, 0.3) is 6.08 Å². The van der Waals surface area contributed by atoms with E-state index in [2.05, 4.69) is 41.3 Å². The summed E-state index contributed by atoms with van der Waals surface area (Å²) in [6, 6.07) is 12.3. The molecule has 1 aromatic carbocycles. The Hall–Kier alpha value is -1.91. The number of benzene rings is 1. The molecule has 1 amide bonds. The van der Waals surface area contributed by atoms with Crippen molar-refractivity contribution in [3.8, 4) is 0 Å². The quantitative estimate of drug-likeness (QED) is 0.858. The molecule has 0 aliphatic carbocycles. The molecule has 0 atom stereocenters. The van der Waals surface area contributed by atoms with Crippen LogP contribution in [0.15, 0.2) is 47.9 Å². The van der Waals surface area contributed by atoms with Gasteiger partial charge in [-0.2, -0.15) is 0 Å². The van der Waals surface area contributed by atoms with Crippen LogP contribution in [0.4, 0.5) is 0 Å². The fraction of sp³-hybridized carbons (Fsp3) is 0.316. The first-order chi connectivity index (χ1) is 11.2. The number of amides is 1. The van der Waals surface area contributed by atoms with Gasteiger partial charge in [-0.25, -0.2) is 0 Å². The molecular formula is C19H22N2OS. The molecule has 2 heterocycles. The fourth-order valence-corrected chi connectivity index (χ4v) is 3.45. The second-order valence-corrected chi connectivity index (χ2v) is 6.97. The lowest BCUT2D eigenvalue weighted by Crippen LogP contribution is -2.48. The van der Waals surface area contributed by atoms with E-state index in [1.165, 1.54) is 10.4 Å². The summed E-state index contributed by atoms with van der Waals surface area (Å²) in [7, 11) is 0. The van der Waals surface area contributed by atoms with E-state index in [9.17, 15) is 4.79 Å². The molecule has 0 saturated carbocycles. The van der Waals surface area contributed by atoms with E-state index >= 15 is 0 Å². The smallest absolute Gasteiger partial charge is 0.254 e. The zero-order chi connectivity index (χ0) is 16.1. The summed E-state index contributed by atoms with van der Waals surface area (Å²) in [4.78, 5) is 18.0. The Morgan fingerprint density at radius 1 is 1.17 bits per heavy atom. The van der Waals surface area contributed by atoms with Crippen molar-refractivity contribution in [3.63, 3.8) is 0 Å². The highest BCUT2D eigenvalue weighted by Gasteiger charge is 2.21. The number of carbonyl (C=O) groups excluding carboxylic acids is 1. The van der Waals surface area contributed by atoms with Crippen LogP contribution in [0.2, 0.25) is 0 Å². The molecular weight excluding hydrogens is 304 g/mol. The van der Waals surface area contributed by atoms with Gasteiger partial charge in [0.1, 0.15) is 0 Å². The SMILES string of the molecule is Cc1cc(C(=O)N2CCN(CC=Cc3ccccc3)CC2)cs1. The largest absolute Gasteiger partial charge is 0.336 e. The number of carbonyl (C=O) groups is 1. The highest BCUT2D eigenvalue weighted by molar-refractivity contribution is 7.10. The van der Waals surface area contributed by atoms with Gasteiger partial charge < -0.3 is 4.90 Å². The molecule has 1 aliphatic rings. The lowest BCUT2D eigenvalue weighted by atomic mass is 10.2. The summed E-state index contributed by atoms with van der Waals surface area (Å²) in [6.45, 7) is 6.48. The van der Waals surface area contributed by atoms with Gasteiger partial charge in [0, 0.05) is 43.0 Å². The third kappa shape index (κ3) is 4.30. The van der Waals surface area contributed by atoms with Crippen molar-refractivity contribution >= 4 is 23.3 Å². The highest BCUT2D eigenvalue weighted by Crippen LogP contribution is 2.16. The van der Waals surface area contributed by atoms with Gasteiger partial charge in [0.25, 0.3) is 5.91 Å². The first-order valence-electron chi connectivity index (χ1n) is 8.01. The number of aryl methyl sites for hydroxylation is 1. The van der Waals surface area contributed by atoms with E-state index in [1.807, 2.05) is 29.3 Å². The molecule has 120 valence electrons. The Labute approximate surface area is 141 Å². The number of thiophene rings is 1. The van der Waals surface area contributed by atoms with Crippen LogP contribution in [0.1, 0.15) is 20.8 Å². The van der Waals surface area contributed by atoms with Gasteiger partial charge in [-0.1, -0.05) is 42.5 Å². The molecule has 1 fully saturated rings. The third-order valence-corrected chi connectivity index (χ3v) is 4.97. The maximum Gasteiger partial charge on any atom is 0.254 e. The van der Waals surface area contributed by atoms with Crippen molar-refractivity contribution < 1.29 is 4.79 Å². The second kappa shape index (κ2) is 7.57. The fourth-order valence-electron chi connectivity index (χ4n) is 2.77. The average molecular weight is 326 g/mol. The number of hydrogen-bond acceptors (Lipinski definition) is 3. The van der Waals surface area contributed by atoms with E-state index in [4.69, 9.17) is 0 Å². The summed E-state index contributed by atoms with van der Waals surface area (Å²) in [5.74, 6) is 0.175. The van der Waals surface area contributed by atoms with E-state index in [0.29, 0.717) is 0 Å². The van der Waals surface area contributed by atoms with Gasteiger partial charge in [-0.05, 0) is 18.6 Å². The number of nitrogens with zero attached hydrogens (tertiary/aromatic N) is 2. The molecule has 0 unspecified atom stereocenters. The van der Waals surface area contributed by atoms with Crippen LogP contribution in [0, 0.1) is 6.92 Å². The normalized spacial score (nSPS) is 16.1. The zero-order valence-corrected chi connectivity index (χ0v) is 14.3. The Morgan fingerprint density at radius 3 is 2.57 bits per heavy atom. The van der Waals surface area contributed by atoms with E-state index in [-0.39, 0.29) is 5.91 Å². The second-order valence-electron chi connectivity index (χ2n) is 5.85. The first kappa shape index (κ1) is 16.0. The van der Waals surface area contributed by atoms with Crippen molar-refractivity contribution in [2.45, 2.75) is 6.92 Å². The minimum atomic E-state index is 0.175. The summed E-state index contributed by atoms with van der Waals surface area (Å²) in [5.41, 5.74) is 2.07. The van der Waals surface area contributed by atoms with Gasteiger partial charge in [-0.3, -0.25) is 9.69 Å². The van der Waals surface area contributed by atoms with Gasteiger partial charge in [0.15, 0.2) is 0 Å². The summed E-state index contributed by atoms with van der Waals surface area (Å²) in [6.07, 6.45) is 4.36. The Balaban J connectivity index is 1.47. The number of piperazine rings is 1. The van der Waals surface area contributed by atoms with E-state index < -0.39 is 0 Å². The lowest BCUT2D eigenvalue weighted by Gasteiger charge is -2.34. The van der Waals surface area contributed by atoms with Crippen LogP contribution in [0.3, 0.4) is 0 Å². The number of hydrogen-bond donors (Lipinski definition) is 0. The summed E-state index contributed by atoms with van der Waals surface area (Å²) >= 11 is 1.64. The Morgan fingerprint density at radius 2 is 1.91 bits per heavy atom. The zero-order valence-electron chi connectivity index (χ0n) is 13.4. The molecule has 1 saturated heterocycles. The Bertz CT molecular complexity index is 670. The molecule has 2 aromatic rings. The molecule has 0 N–H and O–H groups in total. The summed E-state index contributed by atoms with van der Waals surface area (Å²) in [5, 5.41) is 1.96. The van der Waals surface area contributed by atoms with Crippen LogP contribution >= 0.6 is 11.3 Å². The van der Waals surface area contributed by atoms with Crippen LogP contribution < -0.4 is 0 Å². The predicted octanol–water partition coefficient (Wildman–Crippen LogP) is 3.53. The van der Waals surface area contributed by atoms with E-state index in [0.717, 1.165) is 38.3 Å². The summed E-state index contributed by atoms with van der Waals surface area (Å²) < 4.78 is 0. The first-order valence-corrected chi connectivity index (χ1v) is 8.89. The van der Waals surface area contributed by atoms with E-state index in [1.54, 1.807) is 11.3 Å². The molecule has 3 rings (SSSR count). The maximum absolute atomic E-state index is 12.4. The minimum Gasteiger partial charge on any atom is -0.336 e. The van der Waals surface area contributed by atoms with Crippen molar-refractivity contribution in [1.82, 2.24) is 9.80 Å². The topological polar surface area (TPSA) is 23.6 Å². The molecule has 0 radical (unpaired) electrons. The Kier molecular flexibility index (Phi) is 5.26. The molecule has 3 nitrogen and oxygen atoms in total. The van der Waals surface area contributed by atoms with Gasteiger partial charge in [-0.15, -0.1) is 11.3 Å². The van der Waals surface area contributed by atoms with Crippen molar-refractivity contribution in [3.05, 3.63) is 63.9 Å². The van der Waals surface area contributed by atoms with Crippen molar-refractivity contribution in [2.75, 3.05) is 32.7 Å². The van der Waals surface area contributed by atoms with Gasteiger partial charge in [0.2, 0.25) is 0 Å². The standard InChI is InChI=1S/C19H22N2OS/c1-16-14-18(15-23-16)19(22)21-12-10-20(11-13-21)9-5-8-17-6-3-2-4-7-17/h2-8,14-15H,9-13H2,1H3. The monoisotopic (exact) mass is 326 g/mol. The molecule has 23 heavy (non-hydrogen) atoms.